The second kappa shape index (κ2) is 12.0. The average Bonchev–Trinajstić information content (AvgIpc) is 3.78. The Morgan fingerprint density at radius 2 is 1.12 bits per heavy atom. The van der Waals surface area contributed by atoms with Gasteiger partial charge in [0, 0.05) is 27.3 Å². The van der Waals surface area contributed by atoms with Crippen LogP contribution in [-0.2, 0) is 0 Å². The van der Waals surface area contributed by atoms with Gasteiger partial charge in [-0.1, -0.05) is 140 Å². The summed E-state index contributed by atoms with van der Waals surface area (Å²) in [6, 6.07) is 64.5. The number of fused-ring (bicyclic) bond motifs is 9. The van der Waals surface area contributed by atoms with E-state index in [0.29, 0.717) is 5.84 Å². The minimum atomic E-state index is -0.350. The van der Waals surface area contributed by atoms with Gasteiger partial charge in [0.15, 0.2) is 5.84 Å². The molecule has 0 amide bonds. The number of hydrogen-bond acceptors (Lipinski definition) is 4. The number of aromatic nitrogens is 1. The zero-order valence-electron chi connectivity index (χ0n) is 30.1. The molecule has 12 rings (SSSR count). The topological polar surface area (TPSA) is 54.8 Å². The number of nitrogens with zero attached hydrogens (tertiary/aromatic N) is 3. The van der Waals surface area contributed by atoms with Crippen molar-refractivity contribution >= 4 is 87.7 Å². The van der Waals surface area contributed by atoms with Crippen LogP contribution in [0.25, 0.3) is 81.7 Å². The van der Waals surface area contributed by atoms with Crippen LogP contribution in [0.2, 0.25) is 0 Å². The summed E-state index contributed by atoms with van der Waals surface area (Å²) in [7, 11) is 0. The molecule has 1 N–H and O–H groups in total. The number of para-hydroxylation sites is 1. The van der Waals surface area contributed by atoms with E-state index in [-0.39, 0.29) is 6.17 Å². The molecule has 0 radical (unpaired) electrons. The van der Waals surface area contributed by atoms with Gasteiger partial charge in [0.1, 0.15) is 23.2 Å². The molecule has 2 aromatic heterocycles. The summed E-state index contributed by atoms with van der Waals surface area (Å²) in [5.41, 5.74) is 7.88. The smallest absolute Gasteiger partial charge is 0.159 e. The van der Waals surface area contributed by atoms with Crippen LogP contribution in [0, 0.1) is 0 Å². The highest BCUT2D eigenvalue weighted by Gasteiger charge is 2.25. The number of amidine groups is 2. The Labute approximate surface area is 321 Å². The summed E-state index contributed by atoms with van der Waals surface area (Å²) in [5, 5.41) is 15.2. The maximum absolute atomic E-state index is 6.87. The highest BCUT2D eigenvalue weighted by molar-refractivity contribution is 6.21. The molecule has 56 heavy (non-hydrogen) atoms. The van der Waals surface area contributed by atoms with Gasteiger partial charge in [0.2, 0.25) is 0 Å². The molecule has 0 bridgehead atoms. The van der Waals surface area contributed by atoms with Crippen molar-refractivity contribution in [2.45, 2.75) is 6.17 Å². The molecule has 0 aliphatic carbocycles. The predicted molar refractivity (Wildman–Crippen MR) is 232 cm³/mol. The highest BCUT2D eigenvalue weighted by Crippen LogP contribution is 2.42. The summed E-state index contributed by atoms with van der Waals surface area (Å²) >= 11 is 0. The first-order valence-corrected chi connectivity index (χ1v) is 19.0. The van der Waals surface area contributed by atoms with Gasteiger partial charge in [-0.05, 0) is 80.3 Å². The fourth-order valence-corrected chi connectivity index (χ4v) is 8.74. The lowest BCUT2D eigenvalue weighted by Gasteiger charge is -2.24. The molecule has 0 saturated carbocycles. The normalized spacial score (nSPS) is 14.6. The lowest BCUT2D eigenvalue weighted by atomic mass is 10.0. The molecule has 1 atom stereocenters. The van der Waals surface area contributed by atoms with Crippen LogP contribution in [0.3, 0.4) is 0 Å². The first-order chi connectivity index (χ1) is 27.7. The van der Waals surface area contributed by atoms with Crippen molar-refractivity contribution in [1.29, 1.82) is 0 Å². The monoisotopic (exact) mass is 716 g/mol. The average molecular weight is 717 g/mol. The van der Waals surface area contributed by atoms with Gasteiger partial charge >= 0.3 is 0 Å². The fourth-order valence-electron chi connectivity index (χ4n) is 8.74. The van der Waals surface area contributed by atoms with Gasteiger partial charge in [-0.25, -0.2) is 9.98 Å². The molecule has 0 fully saturated rings. The third-order valence-corrected chi connectivity index (χ3v) is 11.4. The summed E-state index contributed by atoms with van der Waals surface area (Å²) in [5.74, 6) is 1.42. The van der Waals surface area contributed by atoms with Crippen LogP contribution < -0.4 is 5.32 Å². The van der Waals surface area contributed by atoms with Gasteiger partial charge in [0.05, 0.1) is 22.1 Å². The molecule has 3 heterocycles. The maximum Gasteiger partial charge on any atom is 0.159 e. The lowest BCUT2D eigenvalue weighted by molar-refractivity contribution is 0.668. The second-order valence-electron chi connectivity index (χ2n) is 14.6. The first kappa shape index (κ1) is 30.9. The summed E-state index contributed by atoms with van der Waals surface area (Å²) in [6.07, 6.45) is -0.350. The van der Waals surface area contributed by atoms with E-state index in [9.17, 15) is 0 Å². The van der Waals surface area contributed by atoms with E-state index in [2.05, 4.69) is 186 Å². The molecule has 11 aromatic rings. The number of aliphatic imine (C=N–C) groups is 2. The Morgan fingerprint density at radius 3 is 1.93 bits per heavy atom. The third-order valence-electron chi connectivity index (χ3n) is 11.4. The van der Waals surface area contributed by atoms with Gasteiger partial charge in [-0.2, -0.15) is 0 Å². The van der Waals surface area contributed by atoms with E-state index in [4.69, 9.17) is 14.4 Å². The fraction of sp³-hybridized carbons (Fsp3) is 0.0196. The van der Waals surface area contributed by atoms with Crippen molar-refractivity contribution in [2.75, 3.05) is 0 Å². The predicted octanol–water partition coefficient (Wildman–Crippen LogP) is 12.6. The number of benzene rings is 9. The third kappa shape index (κ3) is 4.74. The minimum absolute atomic E-state index is 0.350. The van der Waals surface area contributed by atoms with Crippen molar-refractivity contribution in [1.82, 2.24) is 9.88 Å². The molecule has 262 valence electrons. The van der Waals surface area contributed by atoms with Crippen LogP contribution in [-0.4, -0.2) is 16.2 Å². The van der Waals surface area contributed by atoms with Crippen LogP contribution in [0.5, 0.6) is 0 Å². The summed E-state index contributed by atoms with van der Waals surface area (Å²) in [4.78, 5) is 10.7. The number of nitrogens with one attached hydrogen (secondary N) is 1. The SMILES string of the molecule is c1ccc(C2N=C(c3cc(-n4c5ccccc5c5cc6ccccc6cc54)c4c(c3)oc3cc5ccccc5cc34)N=C(c3cccc4ccccc34)N2)cc1. The Hall–Kier alpha value is -7.50. The Morgan fingerprint density at radius 1 is 0.482 bits per heavy atom. The largest absolute Gasteiger partial charge is 0.456 e. The lowest BCUT2D eigenvalue weighted by Crippen LogP contribution is -2.33. The first-order valence-electron chi connectivity index (χ1n) is 19.0. The van der Waals surface area contributed by atoms with E-state index in [1.165, 1.54) is 26.9 Å². The molecular formula is C51H32N4O. The van der Waals surface area contributed by atoms with E-state index in [0.717, 1.165) is 77.3 Å². The molecule has 0 saturated heterocycles. The Kier molecular flexibility index (Phi) is 6.63. The summed E-state index contributed by atoms with van der Waals surface area (Å²) < 4.78 is 9.29. The van der Waals surface area contributed by atoms with Crippen molar-refractivity contribution in [3.05, 3.63) is 199 Å². The highest BCUT2D eigenvalue weighted by atomic mass is 16.3. The molecule has 1 unspecified atom stereocenters. The molecular weight excluding hydrogens is 685 g/mol. The van der Waals surface area contributed by atoms with Crippen molar-refractivity contribution in [3.63, 3.8) is 0 Å². The molecule has 5 heteroatoms. The standard InChI is InChI=1S/C51H32N4O/c1-2-14-32(15-3-1)49-52-50(54-51(53-49)40-23-12-20-31-13-8-9-21-38(31)40)37-28-45(48-42-26-34-17-5-7-19-36(34)29-46(42)56-47(48)30-37)55-43-24-11-10-22-39(43)41-25-33-16-4-6-18-35(33)27-44(41)55/h1-30,49H,(H,52,53,54). The molecule has 1 aliphatic rings. The van der Waals surface area contributed by atoms with Crippen LogP contribution in [0.15, 0.2) is 196 Å². The molecule has 0 spiro atoms. The van der Waals surface area contributed by atoms with E-state index in [1.807, 2.05) is 6.07 Å². The van der Waals surface area contributed by atoms with E-state index in [1.54, 1.807) is 0 Å². The van der Waals surface area contributed by atoms with Gasteiger partial charge < -0.3 is 14.3 Å². The van der Waals surface area contributed by atoms with Crippen molar-refractivity contribution < 1.29 is 4.42 Å². The van der Waals surface area contributed by atoms with Crippen LogP contribution in [0.4, 0.5) is 0 Å². The quantitative estimate of drug-likeness (QED) is 0.197. The van der Waals surface area contributed by atoms with E-state index >= 15 is 0 Å². The molecule has 1 aliphatic heterocycles. The van der Waals surface area contributed by atoms with Crippen molar-refractivity contribution in [2.24, 2.45) is 9.98 Å². The number of rotatable bonds is 4. The van der Waals surface area contributed by atoms with Gasteiger partial charge in [-0.3, -0.25) is 0 Å². The van der Waals surface area contributed by atoms with Crippen molar-refractivity contribution in [3.8, 4) is 5.69 Å². The maximum atomic E-state index is 6.87. The van der Waals surface area contributed by atoms with Gasteiger partial charge in [-0.15, -0.1) is 0 Å². The number of hydrogen-bond donors (Lipinski definition) is 1. The van der Waals surface area contributed by atoms with Crippen LogP contribution in [0.1, 0.15) is 22.9 Å². The number of furan rings is 1. The second-order valence-corrected chi connectivity index (χ2v) is 14.6. The van der Waals surface area contributed by atoms with E-state index < -0.39 is 0 Å². The Balaban J connectivity index is 1.18. The zero-order valence-corrected chi connectivity index (χ0v) is 30.1. The summed E-state index contributed by atoms with van der Waals surface area (Å²) in [6.45, 7) is 0. The minimum Gasteiger partial charge on any atom is -0.456 e. The van der Waals surface area contributed by atoms with Gasteiger partial charge in [0.25, 0.3) is 0 Å². The molecule has 5 nitrogen and oxygen atoms in total. The molecule has 9 aromatic carbocycles. The Bertz CT molecular complexity index is 3460. The zero-order chi connectivity index (χ0) is 36.7. The van der Waals surface area contributed by atoms with Crippen LogP contribution >= 0.6 is 0 Å².